The zero-order chi connectivity index (χ0) is 18.9. The summed E-state index contributed by atoms with van der Waals surface area (Å²) in [6.07, 6.45) is 3.92. The molecule has 3 heterocycles. The van der Waals surface area contributed by atoms with Crippen molar-refractivity contribution in [2.45, 2.75) is 43.7 Å². The second kappa shape index (κ2) is 7.29. The van der Waals surface area contributed by atoms with Gasteiger partial charge in [-0.2, -0.15) is 0 Å². The van der Waals surface area contributed by atoms with Crippen molar-refractivity contribution >= 4 is 11.9 Å². The third kappa shape index (κ3) is 3.55. The molecule has 1 aromatic rings. The van der Waals surface area contributed by atoms with Crippen LogP contribution in [0.5, 0.6) is 11.5 Å². The van der Waals surface area contributed by atoms with E-state index < -0.39 is 0 Å². The van der Waals surface area contributed by atoms with Gasteiger partial charge in [-0.25, -0.2) is 4.79 Å². The van der Waals surface area contributed by atoms with Crippen molar-refractivity contribution in [1.82, 2.24) is 15.1 Å². The molecule has 7 heteroatoms. The Bertz CT molecular complexity index is 715. The van der Waals surface area contributed by atoms with E-state index in [2.05, 4.69) is 5.32 Å². The molecule has 1 atom stereocenters. The summed E-state index contributed by atoms with van der Waals surface area (Å²) in [7, 11) is 1.90. The maximum atomic E-state index is 12.4. The van der Waals surface area contributed by atoms with E-state index in [0.29, 0.717) is 39.1 Å². The Kier molecular flexibility index (Phi) is 4.85. The van der Waals surface area contributed by atoms with E-state index in [9.17, 15) is 9.59 Å². The largest absolute Gasteiger partial charge is 0.486 e. The fourth-order valence-electron chi connectivity index (χ4n) is 4.31. The van der Waals surface area contributed by atoms with E-state index in [4.69, 9.17) is 9.47 Å². The van der Waals surface area contributed by atoms with Crippen LogP contribution >= 0.6 is 0 Å². The molecule has 0 bridgehead atoms. The van der Waals surface area contributed by atoms with E-state index in [1.165, 1.54) is 0 Å². The lowest BCUT2D eigenvalue weighted by Gasteiger charge is -2.43. The number of carbonyl (C=O) groups is 2. The molecule has 146 valence electrons. The van der Waals surface area contributed by atoms with Gasteiger partial charge in [0, 0.05) is 45.1 Å². The minimum Gasteiger partial charge on any atom is -0.486 e. The first-order valence-electron chi connectivity index (χ1n) is 9.75. The lowest BCUT2D eigenvalue weighted by molar-refractivity contribution is -0.130. The van der Waals surface area contributed by atoms with Gasteiger partial charge in [-0.15, -0.1) is 0 Å². The maximum absolute atomic E-state index is 12.4. The average molecular weight is 373 g/mol. The van der Waals surface area contributed by atoms with Gasteiger partial charge in [0.05, 0.1) is 0 Å². The molecule has 27 heavy (non-hydrogen) atoms. The molecule has 2 fully saturated rings. The van der Waals surface area contributed by atoms with Gasteiger partial charge >= 0.3 is 6.03 Å². The predicted octanol–water partition coefficient (Wildman–Crippen LogP) is 2.01. The van der Waals surface area contributed by atoms with Crippen LogP contribution in [0.2, 0.25) is 0 Å². The number of para-hydroxylation sites is 2. The summed E-state index contributed by atoms with van der Waals surface area (Å²) in [5.74, 6) is 1.76. The fraction of sp³-hybridized carbons (Fsp3) is 0.600. The summed E-state index contributed by atoms with van der Waals surface area (Å²) in [5.41, 5.74) is -0.0332. The molecule has 3 aliphatic heterocycles. The lowest BCUT2D eigenvalue weighted by atomic mass is 9.85. The Morgan fingerprint density at radius 1 is 1.22 bits per heavy atom. The molecule has 4 rings (SSSR count). The van der Waals surface area contributed by atoms with Crippen LogP contribution in [0.15, 0.2) is 24.3 Å². The second-order valence-electron chi connectivity index (χ2n) is 7.68. The van der Waals surface area contributed by atoms with Crippen LogP contribution < -0.4 is 14.8 Å². The van der Waals surface area contributed by atoms with Crippen molar-refractivity contribution in [3.63, 3.8) is 0 Å². The highest BCUT2D eigenvalue weighted by molar-refractivity contribution is 5.79. The van der Waals surface area contributed by atoms with Crippen molar-refractivity contribution in [3.8, 4) is 11.5 Å². The zero-order valence-electron chi connectivity index (χ0n) is 15.8. The minimum atomic E-state index is -0.0528. The summed E-state index contributed by atoms with van der Waals surface area (Å²) in [6, 6.07) is 7.60. The monoisotopic (exact) mass is 373 g/mol. The van der Waals surface area contributed by atoms with Crippen molar-refractivity contribution in [2.75, 3.05) is 33.3 Å². The summed E-state index contributed by atoms with van der Waals surface area (Å²) < 4.78 is 11.6. The quantitative estimate of drug-likeness (QED) is 0.880. The number of hydrogen-bond acceptors (Lipinski definition) is 4. The van der Waals surface area contributed by atoms with Crippen LogP contribution in [0.4, 0.5) is 4.79 Å². The number of likely N-dealkylation sites (tertiary alicyclic amines) is 2. The van der Waals surface area contributed by atoms with Crippen LogP contribution in [0.1, 0.15) is 32.1 Å². The number of piperidine rings is 1. The molecule has 3 amide bonds. The molecule has 0 unspecified atom stereocenters. The smallest absolute Gasteiger partial charge is 0.317 e. The molecule has 1 N–H and O–H groups in total. The normalized spacial score (nSPS) is 23.6. The van der Waals surface area contributed by atoms with Crippen molar-refractivity contribution < 1.29 is 19.1 Å². The highest BCUT2D eigenvalue weighted by atomic mass is 16.6. The van der Waals surface area contributed by atoms with E-state index >= 15 is 0 Å². The van der Waals surface area contributed by atoms with Crippen molar-refractivity contribution in [2.24, 2.45) is 0 Å². The van der Waals surface area contributed by atoms with Gasteiger partial charge in [-0.1, -0.05) is 12.1 Å². The van der Waals surface area contributed by atoms with E-state index in [0.717, 1.165) is 30.8 Å². The molecule has 0 radical (unpaired) electrons. The van der Waals surface area contributed by atoms with Gasteiger partial charge in [0.2, 0.25) is 5.91 Å². The topological polar surface area (TPSA) is 71.1 Å². The number of benzene rings is 1. The third-order valence-corrected chi connectivity index (χ3v) is 6.18. The van der Waals surface area contributed by atoms with Crippen LogP contribution in [0, 0.1) is 0 Å². The van der Waals surface area contributed by atoms with Gasteiger partial charge < -0.3 is 24.6 Å². The van der Waals surface area contributed by atoms with Crippen LogP contribution in [0.3, 0.4) is 0 Å². The van der Waals surface area contributed by atoms with Gasteiger partial charge in [0.15, 0.2) is 11.5 Å². The molecule has 3 aliphatic rings. The number of carbonyl (C=O) groups excluding carboxylic acids is 2. The standard InChI is InChI=1S/C20H27N3O4/c1-22-18(24)6-8-20(22)9-12-23(13-10-20)19(25)21-11-7-15-14-26-16-4-2-3-5-17(16)27-15/h2-5,15H,6-14H2,1H3,(H,21,25)/t15-/m1/s1. The Labute approximate surface area is 159 Å². The SMILES string of the molecule is CN1C(=O)CCC12CCN(C(=O)NCC[C@@H]1COc3ccccc3O1)CC2. The van der Waals surface area contributed by atoms with E-state index in [1.807, 2.05) is 41.1 Å². The highest BCUT2D eigenvalue weighted by Crippen LogP contribution is 2.37. The van der Waals surface area contributed by atoms with Crippen molar-refractivity contribution in [1.29, 1.82) is 0 Å². The lowest BCUT2D eigenvalue weighted by Crippen LogP contribution is -2.54. The number of ether oxygens (including phenoxy) is 2. The van der Waals surface area contributed by atoms with Crippen molar-refractivity contribution in [3.05, 3.63) is 24.3 Å². The summed E-state index contributed by atoms with van der Waals surface area (Å²) in [4.78, 5) is 28.1. The minimum absolute atomic E-state index is 0.0332. The van der Waals surface area contributed by atoms with Crippen LogP contribution in [-0.2, 0) is 4.79 Å². The first-order chi connectivity index (χ1) is 13.1. The third-order valence-electron chi connectivity index (χ3n) is 6.18. The predicted molar refractivity (Wildman–Crippen MR) is 99.9 cm³/mol. The van der Waals surface area contributed by atoms with Crippen LogP contribution in [-0.4, -0.2) is 66.7 Å². The first-order valence-corrected chi connectivity index (χ1v) is 9.75. The van der Waals surface area contributed by atoms with Crippen LogP contribution in [0.25, 0.3) is 0 Å². The molecule has 0 aliphatic carbocycles. The van der Waals surface area contributed by atoms with E-state index in [-0.39, 0.29) is 23.6 Å². The molecule has 2 saturated heterocycles. The molecular formula is C20H27N3O4. The Balaban J connectivity index is 1.20. The number of nitrogens with zero attached hydrogens (tertiary/aromatic N) is 2. The Hall–Kier alpha value is -2.44. The molecule has 0 saturated carbocycles. The summed E-state index contributed by atoms with van der Waals surface area (Å²) >= 11 is 0. The van der Waals surface area contributed by atoms with Gasteiger partial charge in [0.1, 0.15) is 12.7 Å². The van der Waals surface area contributed by atoms with Gasteiger partial charge in [-0.3, -0.25) is 4.79 Å². The van der Waals surface area contributed by atoms with Gasteiger partial charge in [0.25, 0.3) is 0 Å². The fourth-order valence-corrected chi connectivity index (χ4v) is 4.31. The first kappa shape index (κ1) is 17.9. The Morgan fingerprint density at radius 3 is 2.67 bits per heavy atom. The Morgan fingerprint density at radius 2 is 1.96 bits per heavy atom. The molecule has 7 nitrogen and oxygen atoms in total. The summed E-state index contributed by atoms with van der Waals surface area (Å²) in [5, 5.41) is 2.99. The van der Waals surface area contributed by atoms with Gasteiger partial charge in [-0.05, 0) is 31.4 Å². The number of rotatable bonds is 3. The average Bonchev–Trinajstić information content (AvgIpc) is 2.97. The highest BCUT2D eigenvalue weighted by Gasteiger charge is 2.45. The number of urea groups is 1. The summed E-state index contributed by atoms with van der Waals surface area (Å²) in [6.45, 7) is 2.44. The number of nitrogens with one attached hydrogen (secondary N) is 1. The maximum Gasteiger partial charge on any atom is 0.317 e. The second-order valence-corrected chi connectivity index (χ2v) is 7.68. The zero-order valence-corrected chi connectivity index (χ0v) is 15.8. The number of fused-ring (bicyclic) bond motifs is 1. The molecule has 0 aromatic heterocycles. The van der Waals surface area contributed by atoms with E-state index in [1.54, 1.807) is 0 Å². The molecule has 1 aromatic carbocycles. The molecule has 1 spiro atoms. The number of hydrogen-bond donors (Lipinski definition) is 1. The molecular weight excluding hydrogens is 346 g/mol. The number of amides is 3.